The average Bonchev–Trinajstić information content (AvgIpc) is 2.27. The summed E-state index contributed by atoms with van der Waals surface area (Å²) in [4.78, 5) is 4.25. The number of aliphatic imine (C=N–C) groups is 1. The molecule has 1 N–H and O–H groups in total. The van der Waals surface area contributed by atoms with Crippen molar-refractivity contribution in [3.63, 3.8) is 0 Å². The first-order valence-corrected chi connectivity index (χ1v) is 5.12. The normalized spacial score (nSPS) is 23.6. The van der Waals surface area contributed by atoms with Gasteiger partial charge < -0.3 is 5.32 Å². The second kappa shape index (κ2) is 5.18. The van der Waals surface area contributed by atoms with Gasteiger partial charge in [-0.3, -0.25) is 4.99 Å². The minimum atomic E-state index is 0.586. The minimum absolute atomic E-state index is 0.586. The summed E-state index contributed by atoms with van der Waals surface area (Å²) < 4.78 is 0. The Labute approximate surface area is 81.1 Å². The molecule has 2 nitrogen and oxygen atoms in total. The van der Waals surface area contributed by atoms with Gasteiger partial charge in [0.05, 0.1) is 0 Å². The number of rotatable bonds is 3. The predicted molar refractivity (Wildman–Crippen MR) is 58.1 cm³/mol. The number of hydrogen-bond acceptors (Lipinski definition) is 2. The molecule has 13 heavy (non-hydrogen) atoms. The first kappa shape index (κ1) is 10.5. The lowest BCUT2D eigenvalue weighted by atomic mass is 10.00. The average molecular weight is 180 g/mol. The zero-order valence-electron chi connectivity index (χ0n) is 8.71. The van der Waals surface area contributed by atoms with Crippen molar-refractivity contribution in [2.45, 2.75) is 39.2 Å². The van der Waals surface area contributed by atoms with E-state index in [1.807, 2.05) is 6.21 Å². The van der Waals surface area contributed by atoms with E-state index >= 15 is 0 Å². The maximum absolute atomic E-state index is 4.25. The van der Waals surface area contributed by atoms with Gasteiger partial charge in [0, 0.05) is 18.0 Å². The molecule has 1 aliphatic heterocycles. The second-order valence-electron chi connectivity index (χ2n) is 4.08. The van der Waals surface area contributed by atoms with E-state index in [1.165, 1.54) is 6.42 Å². The van der Waals surface area contributed by atoms with Gasteiger partial charge in [0.2, 0.25) is 0 Å². The standard InChI is InChI=1S/C11H20N2/c1-9(2)13-8-11-5-4-10(3)12-7-6-11/h7,9,11,13H,3-6,8H2,1-2H3. The van der Waals surface area contributed by atoms with E-state index in [0.717, 1.165) is 31.0 Å². The molecule has 1 unspecified atom stereocenters. The first-order chi connectivity index (χ1) is 6.18. The van der Waals surface area contributed by atoms with E-state index in [2.05, 4.69) is 30.7 Å². The topological polar surface area (TPSA) is 24.4 Å². The molecule has 0 fully saturated rings. The zero-order valence-corrected chi connectivity index (χ0v) is 8.71. The maximum Gasteiger partial charge on any atom is 0.0328 e. The summed E-state index contributed by atoms with van der Waals surface area (Å²) >= 11 is 0. The highest BCUT2D eigenvalue weighted by Gasteiger charge is 2.10. The van der Waals surface area contributed by atoms with Gasteiger partial charge in [-0.25, -0.2) is 0 Å². The Bertz CT molecular complexity index is 194. The van der Waals surface area contributed by atoms with Crippen LogP contribution < -0.4 is 5.32 Å². The van der Waals surface area contributed by atoms with Crippen molar-refractivity contribution < 1.29 is 0 Å². The number of hydrogen-bond donors (Lipinski definition) is 1. The van der Waals surface area contributed by atoms with Crippen LogP contribution in [0.5, 0.6) is 0 Å². The molecule has 0 aromatic rings. The molecule has 0 aromatic carbocycles. The van der Waals surface area contributed by atoms with Crippen molar-refractivity contribution >= 4 is 6.21 Å². The lowest BCUT2D eigenvalue weighted by molar-refractivity contribution is 0.441. The van der Waals surface area contributed by atoms with Crippen LogP contribution >= 0.6 is 0 Å². The molecule has 0 amide bonds. The molecule has 1 aliphatic rings. The quantitative estimate of drug-likeness (QED) is 0.708. The fourth-order valence-corrected chi connectivity index (χ4v) is 1.47. The van der Waals surface area contributed by atoms with Crippen LogP contribution in [0.3, 0.4) is 0 Å². The highest BCUT2D eigenvalue weighted by Crippen LogP contribution is 2.17. The number of nitrogens with zero attached hydrogens (tertiary/aromatic N) is 1. The van der Waals surface area contributed by atoms with Crippen molar-refractivity contribution in [3.8, 4) is 0 Å². The molecule has 74 valence electrons. The molecule has 0 saturated carbocycles. The molecular weight excluding hydrogens is 160 g/mol. The van der Waals surface area contributed by atoms with Crippen LogP contribution in [0.1, 0.15) is 33.1 Å². The maximum atomic E-state index is 4.25. The Balaban J connectivity index is 2.27. The number of nitrogens with one attached hydrogen (secondary N) is 1. The van der Waals surface area contributed by atoms with E-state index < -0.39 is 0 Å². The lowest BCUT2D eigenvalue weighted by Crippen LogP contribution is -2.28. The third-order valence-corrected chi connectivity index (χ3v) is 2.37. The Morgan fingerprint density at radius 3 is 3.15 bits per heavy atom. The predicted octanol–water partition coefficient (Wildman–Crippen LogP) is 2.37. The molecule has 1 rings (SSSR count). The van der Waals surface area contributed by atoms with E-state index in [4.69, 9.17) is 0 Å². The van der Waals surface area contributed by atoms with Crippen LogP contribution in [-0.2, 0) is 0 Å². The van der Waals surface area contributed by atoms with Gasteiger partial charge in [0.1, 0.15) is 0 Å². The smallest absolute Gasteiger partial charge is 0.0328 e. The van der Waals surface area contributed by atoms with Crippen LogP contribution in [0.2, 0.25) is 0 Å². The summed E-state index contributed by atoms with van der Waals surface area (Å²) in [7, 11) is 0. The van der Waals surface area contributed by atoms with Gasteiger partial charge in [0.25, 0.3) is 0 Å². The van der Waals surface area contributed by atoms with Crippen LogP contribution in [-0.4, -0.2) is 18.8 Å². The van der Waals surface area contributed by atoms with Crippen molar-refractivity contribution in [1.29, 1.82) is 0 Å². The zero-order chi connectivity index (χ0) is 9.68. The summed E-state index contributed by atoms with van der Waals surface area (Å²) in [5, 5.41) is 3.47. The van der Waals surface area contributed by atoms with Crippen molar-refractivity contribution in [1.82, 2.24) is 5.32 Å². The highest BCUT2D eigenvalue weighted by atomic mass is 14.9. The van der Waals surface area contributed by atoms with Crippen LogP contribution in [0.25, 0.3) is 0 Å². The lowest BCUT2D eigenvalue weighted by Gasteiger charge is -2.15. The van der Waals surface area contributed by atoms with E-state index in [9.17, 15) is 0 Å². The SMILES string of the molecule is C=C1CCC(CNC(C)C)CC=N1. The Kier molecular flexibility index (Phi) is 4.16. The van der Waals surface area contributed by atoms with Gasteiger partial charge >= 0.3 is 0 Å². The van der Waals surface area contributed by atoms with Crippen LogP contribution in [0, 0.1) is 5.92 Å². The fourth-order valence-electron chi connectivity index (χ4n) is 1.47. The fraction of sp³-hybridized carbons (Fsp3) is 0.727. The van der Waals surface area contributed by atoms with Crippen LogP contribution in [0.4, 0.5) is 0 Å². The third kappa shape index (κ3) is 4.23. The van der Waals surface area contributed by atoms with E-state index in [0.29, 0.717) is 6.04 Å². The Morgan fingerprint density at radius 1 is 1.69 bits per heavy atom. The van der Waals surface area contributed by atoms with Gasteiger partial charge in [-0.2, -0.15) is 0 Å². The van der Waals surface area contributed by atoms with Gasteiger partial charge in [-0.1, -0.05) is 20.4 Å². The summed E-state index contributed by atoms with van der Waals surface area (Å²) in [5.74, 6) is 0.741. The largest absolute Gasteiger partial charge is 0.314 e. The minimum Gasteiger partial charge on any atom is -0.314 e. The van der Waals surface area contributed by atoms with Gasteiger partial charge in [-0.15, -0.1) is 0 Å². The molecular formula is C11H20N2. The molecule has 1 atom stereocenters. The summed E-state index contributed by atoms with van der Waals surface area (Å²) in [6, 6.07) is 0.586. The third-order valence-electron chi connectivity index (χ3n) is 2.37. The Morgan fingerprint density at radius 2 is 2.46 bits per heavy atom. The summed E-state index contributed by atoms with van der Waals surface area (Å²) in [6.07, 6.45) is 5.39. The van der Waals surface area contributed by atoms with Crippen molar-refractivity contribution in [3.05, 3.63) is 12.3 Å². The van der Waals surface area contributed by atoms with Crippen molar-refractivity contribution in [2.75, 3.05) is 6.54 Å². The monoisotopic (exact) mass is 180 g/mol. The highest BCUT2D eigenvalue weighted by molar-refractivity contribution is 5.59. The molecule has 0 bridgehead atoms. The van der Waals surface area contributed by atoms with Crippen molar-refractivity contribution in [2.24, 2.45) is 10.9 Å². The van der Waals surface area contributed by atoms with E-state index in [1.54, 1.807) is 0 Å². The second-order valence-corrected chi connectivity index (χ2v) is 4.08. The number of allylic oxidation sites excluding steroid dienone is 1. The molecule has 2 heteroatoms. The van der Waals surface area contributed by atoms with Gasteiger partial charge in [-0.05, 0) is 31.7 Å². The molecule has 0 saturated heterocycles. The molecule has 1 heterocycles. The molecule has 0 radical (unpaired) electrons. The molecule has 0 spiro atoms. The molecule has 0 aromatic heterocycles. The van der Waals surface area contributed by atoms with Gasteiger partial charge in [0.15, 0.2) is 0 Å². The molecule has 0 aliphatic carbocycles. The Hall–Kier alpha value is -0.630. The summed E-state index contributed by atoms with van der Waals surface area (Å²) in [6.45, 7) is 9.36. The van der Waals surface area contributed by atoms with E-state index in [-0.39, 0.29) is 0 Å². The summed E-state index contributed by atoms with van der Waals surface area (Å²) in [5.41, 5.74) is 1.03. The first-order valence-electron chi connectivity index (χ1n) is 5.12. The van der Waals surface area contributed by atoms with Crippen LogP contribution in [0.15, 0.2) is 17.3 Å².